The van der Waals surface area contributed by atoms with E-state index in [1.54, 1.807) is 0 Å². The summed E-state index contributed by atoms with van der Waals surface area (Å²) in [6.45, 7) is 12.2. The minimum Gasteiger partial charge on any atom is -0.393 e. The fraction of sp³-hybridized carbons (Fsp3) is 0.962. The molecule has 0 aromatic heterocycles. The molecule has 9 atom stereocenters. The predicted octanol–water partition coefficient (Wildman–Crippen LogP) is 5.56. The summed E-state index contributed by atoms with van der Waals surface area (Å²) < 4.78 is 0. The molecule has 4 fully saturated rings. The first kappa shape index (κ1) is 21.7. The van der Waals surface area contributed by atoms with Crippen LogP contribution < -0.4 is 5.32 Å². The van der Waals surface area contributed by atoms with Crippen LogP contribution in [-0.4, -0.2) is 23.2 Å². The van der Waals surface area contributed by atoms with E-state index in [0.717, 1.165) is 30.6 Å². The van der Waals surface area contributed by atoms with Crippen molar-refractivity contribution in [2.45, 2.75) is 111 Å². The maximum atomic E-state index is 12.0. The molecule has 4 rings (SSSR count). The monoisotopic (exact) mass is 403 g/mol. The van der Waals surface area contributed by atoms with E-state index in [1.807, 2.05) is 0 Å². The van der Waals surface area contributed by atoms with Crippen LogP contribution in [0.3, 0.4) is 0 Å². The molecule has 1 amide bonds. The van der Waals surface area contributed by atoms with E-state index >= 15 is 0 Å². The van der Waals surface area contributed by atoms with Crippen molar-refractivity contribution in [2.24, 2.45) is 46.3 Å². The summed E-state index contributed by atoms with van der Waals surface area (Å²) in [5.74, 6) is 4.32. The average molecular weight is 404 g/mol. The number of aliphatic hydroxyl groups excluding tert-OH is 1. The van der Waals surface area contributed by atoms with Crippen molar-refractivity contribution in [1.82, 2.24) is 5.32 Å². The van der Waals surface area contributed by atoms with Crippen LogP contribution >= 0.6 is 0 Å². The smallest absolute Gasteiger partial charge is 0.220 e. The van der Waals surface area contributed by atoms with Crippen LogP contribution in [0.5, 0.6) is 0 Å². The molecule has 3 heteroatoms. The Morgan fingerprint density at radius 3 is 2.48 bits per heavy atom. The normalized spacial score (nSPS) is 47.9. The topological polar surface area (TPSA) is 49.3 Å². The van der Waals surface area contributed by atoms with Crippen molar-refractivity contribution in [3.8, 4) is 0 Å². The predicted molar refractivity (Wildman–Crippen MR) is 118 cm³/mol. The summed E-state index contributed by atoms with van der Waals surface area (Å²) in [4.78, 5) is 12.0. The summed E-state index contributed by atoms with van der Waals surface area (Å²) in [6, 6.07) is 0.177. The Morgan fingerprint density at radius 2 is 1.76 bits per heavy atom. The quantitative estimate of drug-likeness (QED) is 0.631. The standard InChI is InChI=1S/C26H45NO2/c1-16(2)7-6-8-17(3)18-9-10-19-24-20(11-13-25(18,19)4)26(5)14-12-23(29)27-22(26)15-21(24)28/h16-22,24,28H,6-15H2,1-5H3,(H,27,29)/t17?,18?,19?,20?,21?,22?,24?,25-,26-/m1/s1. The van der Waals surface area contributed by atoms with Crippen LogP contribution in [0.2, 0.25) is 0 Å². The molecule has 4 aliphatic rings. The summed E-state index contributed by atoms with van der Waals surface area (Å²) >= 11 is 0. The third-order valence-corrected chi connectivity index (χ3v) is 10.3. The molecule has 7 unspecified atom stereocenters. The van der Waals surface area contributed by atoms with E-state index in [2.05, 4.69) is 39.9 Å². The first-order chi connectivity index (χ1) is 13.7. The molecule has 29 heavy (non-hydrogen) atoms. The highest BCUT2D eigenvalue weighted by Crippen LogP contribution is 2.66. The van der Waals surface area contributed by atoms with Gasteiger partial charge in [-0.2, -0.15) is 0 Å². The second kappa shape index (κ2) is 7.84. The molecule has 1 aliphatic heterocycles. The van der Waals surface area contributed by atoms with E-state index in [1.165, 1.54) is 44.9 Å². The highest BCUT2D eigenvalue weighted by atomic mass is 16.3. The Kier molecular flexibility index (Phi) is 5.86. The van der Waals surface area contributed by atoms with Crippen molar-refractivity contribution in [2.75, 3.05) is 0 Å². The zero-order valence-corrected chi connectivity index (χ0v) is 19.5. The van der Waals surface area contributed by atoms with Crippen LogP contribution in [0.15, 0.2) is 0 Å². The van der Waals surface area contributed by atoms with Gasteiger partial charge in [0.15, 0.2) is 0 Å². The zero-order chi connectivity index (χ0) is 21.0. The molecule has 3 saturated carbocycles. The number of rotatable bonds is 5. The molecule has 0 aromatic rings. The second-order valence-corrected chi connectivity index (χ2v) is 12.2. The van der Waals surface area contributed by atoms with E-state index in [0.29, 0.717) is 29.6 Å². The summed E-state index contributed by atoms with van der Waals surface area (Å²) in [6.07, 6.45) is 11.5. The molecular weight excluding hydrogens is 358 g/mol. The Labute approximate surface area is 178 Å². The van der Waals surface area contributed by atoms with Gasteiger partial charge < -0.3 is 10.4 Å². The zero-order valence-electron chi connectivity index (χ0n) is 19.5. The number of aliphatic hydroxyl groups is 1. The maximum Gasteiger partial charge on any atom is 0.220 e. The molecule has 1 heterocycles. The highest BCUT2D eigenvalue weighted by molar-refractivity contribution is 5.77. The van der Waals surface area contributed by atoms with Gasteiger partial charge in [-0.25, -0.2) is 0 Å². The van der Waals surface area contributed by atoms with Gasteiger partial charge in [0.1, 0.15) is 0 Å². The van der Waals surface area contributed by atoms with Gasteiger partial charge in [-0.3, -0.25) is 4.79 Å². The Morgan fingerprint density at radius 1 is 1.03 bits per heavy atom. The van der Waals surface area contributed by atoms with Crippen LogP contribution in [0.25, 0.3) is 0 Å². The summed E-state index contributed by atoms with van der Waals surface area (Å²) in [5.41, 5.74) is 0.584. The molecule has 2 N–H and O–H groups in total. The minimum absolute atomic E-state index is 0.177. The average Bonchev–Trinajstić information content (AvgIpc) is 3.00. The number of hydrogen-bond donors (Lipinski definition) is 2. The fourth-order valence-electron chi connectivity index (χ4n) is 8.68. The molecule has 0 spiro atoms. The van der Waals surface area contributed by atoms with Gasteiger partial charge in [-0.05, 0) is 84.9 Å². The van der Waals surface area contributed by atoms with Crippen molar-refractivity contribution in [3.63, 3.8) is 0 Å². The Bertz CT molecular complexity index is 618. The van der Waals surface area contributed by atoms with Crippen LogP contribution in [0, 0.1) is 46.3 Å². The van der Waals surface area contributed by atoms with E-state index in [9.17, 15) is 9.90 Å². The van der Waals surface area contributed by atoms with Crippen molar-refractivity contribution in [3.05, 3.63) is 0 Å². The van der Waals surface area contributed by atoms with Gasteiger partial charge in [-0.1, -0.05) is 53.9 Å². The number of piperidine rings is 1. The third-order valence-electron chi connectivity index (χ3n) is 10.3. The molecule has 0 aromatic carbocycles. The van der Waals surface area contributed by atoms with Crippen LogP contribution in [0.4, 0.5) is 0 Å². The third kappa shape index (κ3) is 3.58. The van der Waals surface area contributed by atoms with Crippen LogP contribution in [0.1, 0.15) is 98.8 Å². The van der Waals surface area contributed by atoms with Crippen LogP contribution in [-0.2, 0) is 4.79 Å². The molecule has 3 nitrogen and oxygen atoms in total. The number of nitrogens with one attached hydrogen (secondary N) is 1. The van der Waals surface area contributed by atoms with Gasteiger partial charge in [0, 0.05) is 12.5 Å². The molecule has 3 aliphatic carbocycles. The second-order valence-electron chi connectivity index (χ2n) is 12.2. The number of carbonyl (C=O) groups is 1. The number of fused-ring (bicyclic) bond motifs is 5. The first-order valence-corrected chi connectivity index (χ1v) is 12.6. The van der Waals surface area contributed by atoms with Gasteiger partial charge in [-0.15, -0.1) is 0 Å². The van der Waals surface area contributed by atoms with E-state index in [4.69, 9.17) is 0 Å². The van der Waals surface area contributed by atoms with Gasteiger partial charge >= 0.3 is 0 Å². The lowest BCUT2D eigenvalue weighted by atomic mass is 9.46. The lowest BCUT2D eigenvalue weighted by Gasteiger charge is -2.61. The molecule has 0 bridgehead atoms. The lowest BCUT2D eigenvalue weighted by molar-refractivity contribution is -0.159. The fourth-order valence-corrected chi connectivity index (χ4v) is 8.68. The number of amides is 1. The first-order valence-electron chi connectivity index (χ1n) is 12.6. The molecule has 166 valence electrons. The molecular formula is C26H45NO2. The van der Waals surface area contributed by atoms with Gasteiger partial charge in [0.25, 0.3) is 0 Å². The Balaban J connectivity index is 1.51. The maximum absolute atomic E-state index is 12.0. The number of hydrogen-bond acceptors (Lipinski definition) is 2. The highest BCUT2D eigenvalue weighted by Gasteiger charge is 2.63. The SMILES string of the molecule is CC(C)CCCC(C)C1CCC2C3C(O)CC4NC(=O)CC[C@]4(C)C3CC[C@]12C. The van der Waals surface area contributed by atoms with Crippen molar-refractivity contribution in [1.29, 1.82) is 0 Å². The minimum atomic E-state index is -0.240. The van der Waals surface area contributed by atoms with E-state index in [-0.39, 0.29) is 23.5 Å². The summed E-state index contributed by atoms with van der Waals surface area (Å²) in [5, 5.41) is 14.5. The number of carbonyl (C=O) groups excluding carboxylic acids is 1. The molecule has 0 radical (unpaired) electrons. The summed E-state index contributed by atoms with van der Waals surface area (Å²) in [7, 11) is 0. The lowest BCUT2D eigenvalue weighted by Crippen LogP contribution is -2.64. The van der Waals surface area contributed by atoms with E-state index < -0.39 is 0 Å². The molecule has 1 saturated heterocycles. The van der Waals surface area contributed by atoms with Crippen molar-refractivity contribution < 1.29 is 9.90 Å². The Hall–Kier alpha value is -0.570. The van der Waals surface area contributed by atoms with Crippen molar-refractivity contribution >= 4 is 5.91 Å². The van der Waals surface area contributed by atoms with Gasteiger partial charge in [0.05, 0.1) is 6.10 Å². The van der Waals surface area contributed by atoms with Gasteiger partial charge in [0.2, 0.25) is 5.91 Å². The largest absolute Gasteiger partial charge is 0.393 e.